The Bertz CT molecular complexity index is 562. The molecule has 1 aliphatic rings. The lowest BCUT2D eigenvalue weighted by Crippen LogP contribution is -2.18. The maximum atomic E-state index is 11.5. The highest BCUT2D eigenvalue weighted by atomic mass is 32.2. The van der Waals surface area contributed by atoms with Gasteiger partial charge in [0.05, 0.1) is 23.2 Å². The summed E-state index contributed by atoms with van der Waals surface area (Å²) in [6, 6.07) is 1.59. The predicted molar refractivity (Wildman–Crippen MR) is 68.2 cm³/mol. The molecule has 0 bridgehead atoms. The lowest BCUT2D eigenvalue weighted by Gasteiger charge is -2.13. The number of aryl methyl sites for hydroxylation is 1. The Kier molecular flexibility index (Phi) is 3.43. The molecular weight excluding hydrogens is 254 g/mol. The van der Waals surface area contributed by atoms with Gasteiger partial charge in [-0.3, -0.25) is 4.79 Å². The van der Waals surface area contributed by atoms with Crippen LogP contribution < -0.4 is 5.32 Å². The van der Waals surface area contributed by atoms with Gasteiger partial charge in [-0.05, 0) is 13.3 Å². The van der Waals surface area contributed by atoms with Crippen LogP contribution in [0.1, 0.15) is 31.5 Å². The molecule has 0 saturated carbocycles. The summed E-state index contributed by atoms with van der Waals surface area (Å²) in [6.45, 7) is 3.59. The zero-order valence-electron chi connectivity index (χ0n) is 10.5. The fourth-order valence-corrected chi connectivity index (χ4v) is 3.78. The van der Waals surface area contributed by atoms with Crippen LogP contribution in [0.4, 0.5) is 5.82 Å². The average Bonchev–Trinajstić information content (AvgIpc) is 2.81. The Labute approximate surface area is 106 Å². The van der Waals surface area contributed by atoms with Gasteiger partial charge in [0.25, 0.3) is 0 Å². The topological polar surface area (TPSA) is 81.1 Å². The van der Waals surface area contributed by atoms with Crippen LogP contribution in [-0.4, -0.2) is 35.6 Å². The summed E-state index contributed by atoms with van der Waals surface area (Å²) in [6.07, 6.45) is 0.936. The van der Waals surface area contributed by atoms with Crippen molar-refractivity contribution in [1.82, 2.24) is 9.78 Å². The van der Waals surface area contributed by atoms with Gasteiger partial charge >= 0.3 is 0 Å². The van der Waals surface area contributed by atoms with Gasteiger partial charge in [-0.1, -0.05) is 6.92 Å². The highest BCUT2D eigenvalue weighted by Gasteiger charge is 2.31. The number of carbonyl (C=O) groups excluding carboxylic acids is 1. The SMILES string of the molecule is CCC(=O)Nc1cc(C)nn1[C@H]1CCS(=O)(=O)C1. The molecule has 0 aromatic carbocycles. The number of amides is 1. The number of carbonyl (C=O) groups is 1. The van der Waals surface area contributed by atoms with E-state index in [1.807, 2.05) is 6.92 Å². The van der Waals surface area contributed by atoms with Gasteiger partial charge in [0.1, 0.15) is 5.82 Å². The van der Waals surface area contributed by atoms with Crippen LogP contribution in [0.2, 0.25) is 0 Å². The van der Waals surface area contributed by atoms with E-state index in [9.17, 15) is 13.2 Å². The number of nitrogens with one attached hydrogen (secondary N) is 1. The summed E-state index contributed by atoms with van der Waals surface area (Å²) in [5, 5.41) is 7.04. The molecular formula is C11H17N3O3S. The molecule has 2 heterocycles. The molecule has 1 aliphatic heterocycles. The maximum absolute atomic E-state index is 11.5. The van der Waals surface area contributed by atoms with Gasteiger partial charge in [0.15, 0.2) is 9.84 Å². The number of anilines is 1. The molecule has 1 fully saturated rings. The van der Waals surface area contributed by atoms with E-state index in [-0.39, 0.29) is 23.5 Å². The molecule has 100 valence electrons. The molecule has 0 unspecified atom stereocenters. The van der Waals surface area contributed by atoms with E-state index in [2.05, 4.69) is 10.4 Å². The van der Waals surface area contributed by atoms with Gasteiger partial charge in [0.2, 0.25) is 5.91 Å². The third-order valence-electron chi connectivity index (χ3n) is 3.00. The van der Waals surface area contributed by atoms with Gasteiger partial charge in [-0.25, -0.2) is 13.1 Å². The zero-order valence-corrected chi connectivity index (χ0v) is 11.3. The van der Waals surface area contributed by atoms with Crippen molar-refractivity contribution < 1.29 is 13.2 Å². The van der Waals surface area contributed by atoms with Crippen LogP contribution in [0.3, 0.4) is 0 Å². The fourth-order valence-electron chi connectivity index (χ4n) is 2.09. The summed E-state index contributed by atoms with van der Waals surface area (Å²) in [4.78, 5) is 11.4. The standard InChI is InChI=1S/C11H17N3O3S/c1-3-11(15)12-10-6-8(2)13-14(10)9-4-5-18(16,17)7-9/h6,9H,3-5,7H2,1-2H3,(H,12,15)/t9-/m0/s1. The van der Waals surface area contributed by atoms with Crippen molar-refractivity contribution >= 4 is 21.6 Å². The molecule has 7 heteroatoms. The molecule has 1 aromatic heterocycles. The minimum absolute atomic E-state index is 0.1000. The van der Waals surface area contributed by atoms with E-state index in [1.165, 1.54) is 0 Å². The Morgan fingerprint density at radius 2 is 2.33 bits per heavy atom. The maximum Gasteiger partial charge on any atom is 0.225 e. The van der Waals surface area contributed by atoms with Crippen molar-refractivity contribution in [1.29, 1.82) is 0 Å². The highest BCUT2D eigenvalue weighted by Crippen LogP contribution is 2.27. The Morgan fingerprint density at radius 1 is 1.61 bits per heavy atom. The van der Waals surface area contributed by atoms with Gasteiger partial charge in [-0.2, -0.15) is 5.10 Å². The van der Waals surface area contributed by atoms with E-state index in [0.717, 1.165) is 5.69 Å². The van der Waals surface area contributed by atoms with Crippen molar-refractivity contribution in [2.24, 2.45) is 0 Å². The zero-order chi connectivity index (χ0) is 13.3. The van der Waals surface area contributed by atoms with E-state index < -0.39 is 9.84 Å². The predicted octanol–water partition coefficient (Wildman–Crippen LogP) is 0.900. The second-order valence-electron chi connectivity index (χ2n) is 4.57. The summed E-state index contributed by atoms with van der Waals surface area (Å²) in [7, 11) is -2.96. The smallest absolute Gasteiger partial charge is 0.225 e. The Morgan fingerprint density at radius 3 is 2.89 bits per heavy atom. The van der Waals surface area contributed by atoms with E-state index in [0.29, 0.717) is 18.7 Å². The summed E-state index contributed by atoms with van der Waals surface area (Å²) < 4.78 is 24.6. The third kappa shape index (κ3) is 2.72. The van der Waals surface area contributed by atoms with Crippen LogP contribution in [-0.2, 0) is 14.6 Å². The fraction of sp³-hybridized carbons (Fsp3) is 0.636. The Hall–Kier alpha value is -1.37. The second kappa shape index (κ2) is 4.72. The first kappa shape index (κ1) is 13.1. The molecule has 1 saturated heterocycles. The number of nitrogens with zero attached hydrogens (tertiary/aromatic N) is 2. The van der Waals surface area contributed by atoms with E-state index >= 15 is 0 Å². The molecule has 1 aromatic rings. The first-order valence-electron chi connectivity index (χ1n) is 5.97. The van der Waals surface area contributed by atoms with E-state index in [1.54, 1.807) is 17.7 Å². The first-order valence-corrected chi connectivity index (χ1v) is 7.80. The lowest BCUT2D eigenvalue weighted by molar-refractivity contribution is -0.115. The summed E-state index contributed by atoms with van der Waals surface area (Å²) in [5.74, 6) is 0.777. The molecule has 6 nitrogen and oxygen atoms in total. The second-order valence-corrected chi connectivity index (χ2v) is 6.80. The molecule has 2 rings (SSSR count). The van der Waals surface area contributed by atoms with Crippen molar-refractivity contribution in [3.05, 3.63) is 11.8 Å². The molecule has 1 N–H and O–H groups in total. The normalized spacial score (nSPS) is 22.0. The average molecular weight is 271 g/mol. The van der Waals surface area contributed by atoms with Crippen molar-refractivity contribution in [2.75, 3.05) is 16.8 Å². The van der Waals surface area contributed by atoms with Crippen LogP contribution in [0.15, 0.2) is 6.07 Å². The number of hydrogen-bond donors (Lipinski definition) is 1. The first-order chi connectivity index (χ1) is 8.41. The number of aromatic nitrogens is 2. The summed E-state index contributed by atoms with van der Waals surface area (Å²) >= 11 is 0. The van der Waals surface area contributed by atoms with Gasteiger partial charge in [-0.15, -0.1) is 0 Å². The van der Waals surface area contributed by atoms with Crippen LogP contribution >= 0.6 is 0 Å². The largest absolute Gasteiger partial charge is 0.311 e. The van der Waals surface area contributed by atoms with Crippen molar-refractivity contribution in [2.45, 2.75) is 32.7 Å². The minimum atomic E-state index is -2.96. The van der Waals surface area contributed by atoms with Crippen molar-refractivity contribution in [3.63, 3.8) is 0 Å². The molecule has 0 spiro atoms. The minimum Gasteiger partial charge on any atom is -0.311 e. The molecule has 0 radical (unpaired) electrons. The molecule has 1 amide bonds. The highest BCUT2D eigenvalue weighted by molar-refractivity contribution is 7.91. The van der Waals surface area contributed by atoms with Gasteiger partial charge in [0, 0.05) is 12.5 Å². The Balaban J connectivity index is 2.25. The number of rotatable bonds is 3. The van der Waals surface area contributed by atoms with Gasteiger partial charge < -0.3 is 5.32 Å². The molecule has 1 atom stereocenters. The quantitative estimate of drug-likeness (QED) is 0.885. The number of hydrogen-bond acceptors (Lipinski definition) is 4. The molecule has 18 heavy (non-hydrogen) atoms. The molecule has 0 aliphatic carbocycles. The van der Waals surface area contributed by atoms with Crippen molar-refractivity contribution in [3.8, 4) is 0 Å². The van der Waals surface area contributed by atoms with Crippen LogP contribution in [0.5, 0.6) is 0 Å². The lowest BCUT2D eigenvalue weighted by atomic mass is 10.3. The summed E-state index contributed by atoms with van der Waals surface area (Å²) in [5.41, 5.74) is 0.769. The van der Waals surface area contributed by atoms with E-state index in [4.69, 9.17) is 0 Å². The van der Waals surface area contributed by atoms with Crippen LogP contribution in [0.25, 0.3) is 0 Å². The third-order valence-corrected chi connectivity index (χ3v) is 4.75. The number of sulfone groups is 1. The van der Waals surface area contributed by atoms with Crippen LogP contribution in [0, 0.1) is 6.92 Å². The monoisotopic (exact) mass is 271 g/mol.